The second-order valence-corrected chi connectivity index (χ2v) is 4.83. The van der Waals surface area contributed by atoms with Crippen LogP contribution in [0.4, 0.5) is 5.69 Å². The quantitative estimate of drug-likeness (QED) is 0.704. The van der Waals surface area contributed by atoms with Gasteiger partial charge in [0, 0.05) is 7.05 Å². The van der Waals surface area contributed by atoms with Crippen molar-refractivity contribution in [1.82, 2.24) is 5.32 Å². The minimum Gasteiger partial charge on any atom is -0.455 e. The van der Waals surface area contributed by atoms with Crippen LogP contribution in [0.2, 0.25) is 0 Å². The topological polar surface area (TPSA) is 84.0 Å². The Morgan fingerprint density at radius 3 is 2.35 bits per heavy atom. The molecule has 0 aromatic heterocycles. The number of anilines is 1. The first-order valence-electron chi connectivity index (χ1n) is 7.33. The van der Waals surface area contributed by atoms with Crippen molar-refractivity contribution in [3.05, 3.63) is 54.6 Å². The van der Waals surface area contributed by atoms with Crippen molar-refractivity contribution in [3.63, 3.8) is 0 Å². The standard InChI is InChI=1S/C17H19N3O3/c1-18-16(21)11-19-12-17(22)20-14-9-5-6-10-15(14)23-13-7-3-2-4-8-13/h2-10,19H,11-12H2,1H3,(H,18,21)(H,20,22)/p+1. The van der Waals surface area contributed by atoms with E-state index in [1.807, 2.05) is 42.5 Å². The summed E-state index contributed by atoms with van der Waals surface area (Å²) in [4.78, 5) is 23.1. The van der Waals surface area contributed by atoms with Gasteiger partial charge in [0.2, 0.25) is 0 Å². The number of carbonyl (C=O) groups excluding carboxylic acids is 2. The number of nitrogens with two attached hydrogens (primary N) is 1. The number of carbonyl (C=O) groups is 2. The summed E-state index contributed by atoms with van der Waals surface area (Å²) < 4.78 is 5.78. The monoisotopic (exact) mass is 314 g/mol. The molecule has 2 aromatic rings. The molecule has 6 heteroatoms. The average molecular weight is 314 g/mol. The largest absolute Gasteiger partial charge is 0.455 e. The highest BCUT2D eigenvalue weighted by Crippen LogP contribution is 2.28. The van der Waals surface area contributed by atoms with E-state index in [9.17, 15) is 9.59 Å². The Morgan fingerprint density at radius 1 is 0.957 bits per heavy atom. The van der Waals surface area contributed by atoms with Gasteiger partial charge < -0.3 is 20.7 Å². The van der Waals surface area contributed by atoms with E-state index in [0.29, 0.717) is 17.2 Å². The zero-order valence-corrected chi connectivity index (χ0v) is 12.9. The Balaban J connectivity index is 1.94. The van der Waals surface area contributed by atoms with Crippen molar-refractivity contribution < 1.29 is 19.6 Å². The molecular formula is C17H20N3O3+. The number of para-hydroxylation sites is 3. The normalized spacial score (nSPS) is 9.96. The average Bonchev–Trinajstić information content (AvgIpc) is 2.57. The molecule has 0 unspecified atom stereocenters. The predicted octanol–water partition coefficient (Wildman–Crippen LogP) is 0.727. The van der Waals surface area contributed by atoms with Crippen LogP contribution in [-0.2, 0) is 9.59 Å². The molecule has 0 heterocycles. The fourth-order valence-corrected chi connectivity index (χ4v) is 1.91. The van der Waals surface area contributed by atoms with Crippen LogP contribution in [0.3, 0.4) is 0 Å². The summed E-state index contributed by atoms with van der Waals surface area (Å²) in [6.45, 7) is 0.374. The molecule has 0 bridgehead atoms. The van der Waals surface area contributed by atoms with E-state index in [2.05, 4.69) is 10.6 Å². The minimum absolute atomic E-state index is 0.120. The number of hydrogen-bond acceptors (Lipinski definition) is 3. The Bertz CT molecular complexity index is 659. The SMILES string of the molecule is CNC(=O)C[NH2+]CC(=O)Nc1ccccc1Oc1ccccc1. The molecule has 0 spiro atoms. The van der Waals surface area contributed by atoms with Gasteiger partial charge in [0.05, 0.1) is 5.69 Å². The van der Waals surface area contributed by atoms with Crippen LogP contribution in [-0.4, -0.2) is 32.0 Å². The van der Waals surface area contributed by atoms with Gasteiger partial charge in [0.25, 0.3) is 11.8 Å². The van der Waals surface area contributed by atoms with Gasteiger partial charge in [-0.15, -0.1) is 0 Å². The van der Waals surface area contributed by atoms with Crippen molar-refractivity contribution in [2.75, 3.05) is 25.5 Å². The Hall–Kier alpha value is -2.86. The Labute approximate surface area is 134 Å². The molecule has 0 fully saturated rings. The van der Waals surface area contributed by atoms with E-state index in [1.54, 1.807) is 24.5 Å². The molecule has 0 radical (unpaired) electrons. The van der Waals surface area contributed by atoms with Crippen LogP contribution in [0, 0.1) is 0 Å². The molecule has 120 valence electrons. The van der Waals surface area contributed by atoms with Crippen LogP contribution in [0.25, 0.3) is 0 Å². The van der Waals surface area contributed by atoms with Gasteiger partial charge in [-0.05, 0) is 24.3 Å². The summed E-state index contributed by atoms with van der Waals surface area (Å²) in [6.07, 6.45) is 0. The van der Waals surface area contributed by atoms with Crippen LogP contribution >= 0.6 is 0 Å². The number of likely N-dealkylation sites (N-methyl/N-ethyl adjacent to an activating group) is 1. The molecule has 0 saturated carbocycles. The summed E-state index contributed by atoms with van der Waals surface area (Å²) in [5.41, 5.74) is 0.592. The lowest BCUT2D eigenvalue weighted by atomic mass is 10.3. The summed E-state index contributed by atoms with van der Waals surface area (Å²) in [5.74, 6) is 0.947. The van der Waals surface area contributed by atoms with Gasteiger partial charge in [-0.1, -0.05) is 30.3 Å². The van der Waals surface area contributed by atoms with Gasteiger partial charge in [-0.3, -0.25) is 9.59 Å². The highest BCUT2D eigenvalue weighted by atomic mass is 16.5. The summed E-state index contributed by atoms with van der Waals surface area (Å²) in [6, 6.07) is 16.6. The maximum Gasteiger partial charge on any atom is 0.279 e. The second-order valence-electron chi connectivity index (χ2n) is 4.83. The van der Waals surface area contributed by atoms with Gasteiger partial charge >= 0.3 is 0 Å². The number of nitrogens with one attached hydrogen (secondary N) is 2. The lowest BCUT2D eigenvalue weighted by molar-refractivity contribution is -0.632. The molecule has 2 rings (SSSR count). The van der Waals surface area contributed by atoms with Crippen molar-refractivity contribution in [3.8, 4) is 11.5 Å². The van der Waals surface area contributed by atoms with E-state index >= 15 is 0 Å². The molecule has 0 aliphatic carbocycles. The molecule has 0 saturated heterocycles. The molecule has 4 N–H and O–H groups in total. The van der Waals surface area contributed by atoms with E-state index in [0.717, 1.165) is 0 Å². The Kier molecular flexibility index (Phi) is 6.14. The number of amides is 2. The second kappa shape index (κ2) is 8.55. The molecule has 0 aliphatic rings. The van der Waals surface area contributed by atoms with Gasteiger partial charge in [-0.25, -0.2) is 0 Å². The van der Waals surface area contributed by atoms with Crippen LogP contribution in [0.1, 0.15) is 0 Å². The highest BCUT2D eigenvalue weighted by Gasteiger charge is 2.10. The van der Waals surface area contributed by atoms with Gasteiger partial charge in [0.1, 0.15) is 5.75 Å². The maximum atomic E-state index is 12.0. The van der Waals surface area contributed by atoms with E-state index in [4.69, 9.17) is 4.74 Å². The molecule has 6 nitrogen and oxygen atoms in total. The molecular weight excluding hydrogens is 294 g/mol. The smallest absolute Gasteiger partial charge is 0.279 e. The van der Waals surface area contributed by atoms with Crippen molar-refractivity contribution >= 4 is 17.5 Å². The first-order chi connectivity index (χ1) is 11.2. The zero-order chi connectivity index (χ0) is 16.5. The minimum atomic E-state index is -0.196. The first kappa shape index (κ1) is 16.5. The molecule has 0 atom stereocenters. The van der Waals surface area contributed by atoms with E-state index < -0.39 is 0 Å². The molecule has 2 amide bonds. The van der Waals surface area contributed by atoms with Gasteiger partial charge in [0.15, 0.2) is 18.8 Å². The summed E-state index contributed by atoms with van der Waals surface area (Å²) in [5, 5.41) is 6.93. The maximum absolute atomic E-state index is 12.0. The molecule has 23 heavy (non-hydrogen) atoms. The summed E-state index contributed by atoms with van der Waals surface area (Å²) >= 11 is 0. The third-order valence-corrected chi connectivity index (χ3v) is 3.07. The van der Waals surface area contributed by atoms with E-state index in [-0.39, 0.29) is 24.9 Å². The van der Waals surface area contributed by atoms with Crippen LogP contribution < -0.4 is 20.7 Å². The highest BCUT2D eigenvalue weighted by molar-refractivity contribution is 5.93. The van der Waals surface area contributed by atoms with Crippen molar-refractivity contribution in [2.45, 2.75) is 0 Å². The fourth-order valence-electron chi connectivity index (χ4n) is 1.91. The number of rotatable bonds is 7. The number of quaternary nitrogens is 1. The number of ether oxygens (including phenoxy) is 1. The van der Waals surface area contributed by atoms with E-state index in [1.165, 1.54) is 0 Å². The van der Waals surface area contributed by atoms with Crippen LogP contribution in [0.15, 0.2) is 54.6 Å². The third-order valence-electron chi connectivity index (χ3n) is 3.07. The van der Waals surface area contributed by atoms with Gasteiger partial charge in [-0.2, -0.15) is 0 Å². The van der Waals surface area contributed by atoms with Crippen molar-refractivity contribution in [2.24, 2.45) is 0 Å². The lowest BCUT2D eigenvalue weighted by Gasteiger charge is -2.11. The fraction of sp³-hybridized carbons (Fsp3) is 0.176. The van der Waals surface area contributed by atoms with Crippen molar-refractivity contribution in [1.29, 1.82) is 0 Å². The predicted molar refractivity (Wildman–Crippen MR) is 87.3 cm³/mol. The first-order valence-corrected chi connectivity index (χ1v) is 7.33. The summed E-state index contributed by atoms with van der Waals surface area (Å²) in [7, 11) is 1.56. The molecule has 2 aromatic carbocycles. The van der Waals surface area contributed by atoms with Crippen LogP contribution in [0.5, 0.6) is 11.5 Å². The number of hydrogen-bond donors (Lipinski definition) is 3. The number of benzene rings is 2. The lowest BCUT2D eigenvalue weighted by Crippen LogP contribution is -2.88. The third kappa shape index (κ3) is 5.44. The molecule has 0 aliphatic heterocycles. The Morgan fingerprint density at radius 2 is 1.61 bits per heavy atom. The zero-order valence-electron chi connectivity index (χ0n) is 12.9.